The molecule has 1 fully saturated rings. The van der Waals surface area contributed by atoms with Crippen LogP contribution in [0.1, 0.15) is 24.4 Å². The van der Waals surface area contributed by atoms with Crippen molar-refractivity contribution in [2.45, 2.75) is 18.9 Å². The number of benzene rings is 1. The minimum atomic E-state index is -0.311. The van der Waals surface area contributed by atoms with E-state index in [1.165, 1.54) is 0 Å². The van der Waals surface area contributed by atoms with E-state index >= 15 is 0 Å². The maximum absolute atomic E-state index is 9.03. The summed E-state index contributed by atoms with van der Waals surface area (Å²) >= 11 is 0. The Balaban J connectivity index is 2.20. The molecule has 15 heavy (non-hydrogen) atoms. The second-order valence-corrected chi connectivity index (χ2v) is 4.02. The molecule has 1 aliphatic rings. The van der Waals surface area contributed by atoms with Gasteiger partial charge in [-0.15, -0.1) is 0 Å². The lowest BCUT2D eigenvalue weighted by Gasteiger charge is -2.16. The van der Waals surface area contributed by atoms with Crippen LogP contribution in [0.2, 0.25) is 0 Å². The van der Waals surface area contributed by atoms with Crippen LogP contribution in [0.5, 0.6) is 5.75 Å². The van der Waals surface area contributed by atoms with Gasteiger partial charge in [-0.3, -0.25) is 0 Å². The molecule has 0 bridgehead atoms. The van der Waals surface area contributed by atoms with Crippen molar-refractivity contribution in [2.75, 3.05) is 7.11 Å². The van der Waals surface area contributed by atoms with Crippen molar-refractivity contribution in [2.24, 2.45) is 11.1 Å². The van der Waals surface area contributed by atoms with Gasteiger partial charge in [0.2, 0.25) is 0 Å². The molecule has 0 aromatic heterocycles. The summed E-state index contributed by atoms with van der Waals surface area (Å²) in [6.45, 7) is 0. The third kappa shape index (κ3) is 1.69. The SMILES string of the molecule is COc1ccc(C(N)C2(C#N)CC2)cc1. The molecule has 2 rings (SSSR count). The first kappa shape index (κ1) is 10.0. The van der Waals surface area contributed by atoms with Crippen molar-refractivity contribution >= 4 is 0 Å². The van der Waals surface area contributed by atoms with E-state index in [2.05, 4.69) is 6.07 Å². The highest BCUT2D eigenvalue weighted by Crippen LogP contribution is 2.53. The molecule has 1 aromatic rings. The van der Waals surface area contributed by atoms with Gasteiger partial charge in [0, 0.05) is 6.04 Å². The van der Waals surface area contributed by atoms with Crippen LogP contribution in [-0.4, -0.2) is 7.11 Å². The van der Waals surface area contributed by atoms with Gasteiger partial charge in [-0.05, 0) is 30.5 Å². The minimum Gasteiger partial charge on any atom is -0.497 e. The second-order valence-electron chi connectivity index (χ2n) is 4.02. The number of hydrogen-bond acceptors (Lipinski definition) is 3. The zero-order valence-corrected chi connectivity index (χ0v) is 8.73. The third-order valence-corrected chi connectivity index (χ3v) is 3.08. The van der Waals surface area contributed by atoms with E-state index < -0.39 is 0 Å². The van der Waals surface area contributed by atoms with E-state index in [4.69, 9.17) is 15.7 Å². The number of hydrogen-bond donors (Lipinski definition) is 1. The van der Waals surface area contributed by atoms with Gasteiger partial charge in [0.05, 0.1) is 18.6 Å². The molecule has 3 nitrogen and oxygen atoms in total. The molecular weight excluding hydrogens is 188 g/mol. The van der Waals surface area contributed by atoms with Crippen molar-refractivity contribution in [3.8, 4) is 11.8 Å². The zero-order chi connectivity index (χ0) is 10.9. The van der Waals surface area contributed by atoms with Crippen molar-refractivity contribution in [1.29, 1.82) is 5.26 Å². The van der Waals surface area contributed by atoms with E-state index in [0.29, 0.717) is 0 Å². The molecule has 2 N–H and O–H groups in total. The summed E-state index contributed by atoms with van der Waals surface area (Å²) in [5.41, 5.74) is 6.77. The first-order valence-electron chi connectivity index (χ1n) is 5.03. The second kappa shape index (κ2) is 3.56. The summed E-state index contributed by atoms with van der Waals surface area (Å²) in [7, 11) is 1.63. The van der Waals surface area contributed by atoms with Gasteiger partial charge in [0.15, 0.2) is 0 Å². The van der Waals surface area contributed by atoms with E-state index in [1.54, 1.807) is 7.11 Å². The van der Waals surface area contributed by atoms with Crippen LogP contribution in [0, 0.1) is 16.7 Å². The van der Waals surface area contributed by atoms with E-state index in [0.717, 1.165) is 24.2 Å². The molecule has 3 heteroatoms. The molecule has 0 radical (unpaired) electrons. The Morgan fingerprint density at radius 3 is 2.40 bits per heavy atom. The third-order valence-electron chi connectivity index (χ3n) is 3.08. The van der Waals surface area contributed by atoms with Crippen LogP contribution < -0.4 is 10.5 Å². The normalized spacial score (nSPS) is 19.0. The molecule has 78 valence electrons. The van der Waals surface area contributed by atoms with Gasteiger partial charge in [-0.2, -0.15) is 5.26 Å². The first-order chi connectivity index (χ1) is 7.22. The molecule has 0 saturated heterocycles. The van der Waals surface area contributed by atoms with E-state index in [9.17, 15) is 0 Å². The number of nitrogens with two attached hydrogens (primary N) is 1. The molecule has 1 saturated carbocycles. The van der Waals surface area contributed by atoms with Crippen LogP contribution in [0.15, 0.2) is 24.3 Å². The van der Waals surface area contributed by atoms with E-state index in [-0.39, 0.29) is 11.5 Å². The van der Waals surface area contributed by atoms with Gasteiger partial charge in [-0.25, -0.2) is 0 Å². The average Bonchev–Trinajstić information content (AvgIpc) is 3.09. The molecular formula is C12H14N2O. The van der Waals surface area contributed by atoms with Crippen molar-refractivity contribution < 1.29 is 4.74 Å². The lowest BCUT2D eigenvalue weighted by molar-refractivity contribution is 0.414. The fourth-order valence-electron chi connectivity index (χ4n) is 1.76. The van der Waals surface area contributed by atoms with Crippen LogP contribution >= 0.6 is 0 Å². The monoisotopic (exact) mass is 202 g/mol. The summed E-state index contributed by atoms with van der Waals surface area (Å²) in [6.07, 6.45) is 1.83. The average molecular weight is 202 g/mol. The number of nitriles is 1. The number of methoxy groups -OCH3 is 1. The standard InChI is InChI=1S/C12H14N2O/c1-15-10-4-2-9(3-5-10)11(14)12(8-13)6-7-12/h2-5,11H,6-7,14H2,1H3. The quantitative estimate of drug-likeness (QED) is 0.815. The van der Waals surface area contributed by atoms with Crippen LogP contribution in [0.3, 0.4) is 0 Å². The largest absolute Gasteiger partial charge is 0.497 e. The summed E-state index contributed by atoms with van der Waals surface area (Å²) in [6, 6.07) is 9.77. The van der Waals surface area contributed by atoms with Gasteiger partial charge in [-0.1, -0.05) is 12.1 Å². The predicted molar refractivity (Wildman–Crippen MR) is 57.2 cm³/mol. The Labute approximate surface area is 89.5 Å². The first-order valence-corrected chi connectivity index (χ1v) is 5.03. The zero-order valence-electron chi connectivity index (χ0n) is 8.73. The van der Waals surface area contributed by atoms with Crippen LogP contribution in [0.4, 0.5) is 0 Å². The van der Waals surface area contributed by atoms with Crippen LogP contribution in [-0.2, 0) is 0 Å². The van der Waals surface area contributed by atoms with Crippen molar-refractivity contribution in [3.05, 3.63) is 29.8 Å². The minimum absolute atomic E-state index is 0.173. The number of rotatable bonds is 3. The summed E-state index contributed by atoms with van der Waals surface area (Å²) in [5, 5.41) is 9.03. The van der Waals surface area contributed by atoms with Crippen LogP contribution in [0.25, 0.3) is 0 Å². The van der Waals surface area contributed by atoms with Gasteiger partial charge in [0.1, 0.15) is 5.75 Å². The lowest BCUT2D eigenvalue weighted by Crippen LogP contribution is -2.21. The Kier molecular flexibility index (Phi) is 2.37. The maximum atomic E-state index is 9.03. The molecule has 0 spiro atoms. The maximum Gasteiger partial charge on any atom is 0.118 e. The molecule has 0 amide bonds. The fraction of sp³-hybridized carbons (Fsp3) is 0.417. The molecule has 1 aliphatic carbocycles. The highest BCUT2D eigenvalue weighted by molar-refractivity contribution is 5.33. The molecule has 1 atom stereocenters. The Morgan fingerprint density at radius 2 is 2.00 bits per heavy atom. The molecule has 1 unspecified atom stereocenters. The fourth-order valence-corrected chi connectivity index (χ4v) is 1.76. The lowest BCUT2D eigenvalue weighted by atomic mass is 9.92. The number of nitrogens with zero attached hydrogens (tertiary/aromatic N) is 1. The van der Waals surface area contributed by atoms with Gasteiger partial charge in [0.25, 0.3) is 0 Å². The Bertz CT molecular complexity index is 387. The Morgan fingerprint density at radius 1 is 1.40 bits per heavy atom. The Hall–Kier alpha value is -1.53. The van der Waals surface area contributed by atoms with Crippen molar-refractivity contribution in [1.82, 2.24) is 0 Å². The topological polar surface area (TPSA) is 59.0 Å². The molecule has 0 aliphatic heterocycles. The van der Waals surface area contributed by atoms with Gasteiger partial charge >= 0.3 is 0 Å². The number of ether oxygens (including phenoxy) is 1. The molecule has 1 aromatic carbocycles. The summed E-state index contributed by atoms with van der Waals surface area (Å²) in [4.78, 5) is 0. The molecule has 0 heterocycles. The smallest absolute Gasteiger partial charge is 0.118 e. The summed E-state index contributed by atoms with van der Waals surface area (Å²) in [5.74, 6) is 0.813. The van der Waals surface area contributed by atoms with Crippen molar-refractivity contribution in [3.63, 3.8) is 0 Å². The van der Waals surface area contributed by atoms with Gasteiger partial charge < -0.3 is 10.5 Å². The predicted octanol–water partition coefficient (Wildman–Crippen LogP) is 2.00. The summed E-state index contributed by atoms with van der Waals surface area (Å²) < 4.78 is 5.07. The highest BCUT2D eigenvalue weighted by Gasteiger charge is 2.49. The van der Waals surface area contributed by atoms with E-state index in [1.807, 2.05) is 24.3 Å². The highest BCUT2D eigenvalue weighted by atomic mass is 16.5.